The van der Waals surface area contributed by atoms with Crippen molar-refractivity contribution in [3.63, 3.8) is 0 Å². The molecule has 4 heteroatoms. The van der Waals surface area contributed by atoms with E-state index in [1.165, 1.54) is 0 Å². The van der Waals surface area contributed by atoms with E-state index in [9.17, 15) is 4.79 Å². The number of anilines is 1. The molecule has 0 saturated heterocycles. The number of aromatic nitrogens is 1. The zero-order chi connectivity index (χ0) is 16.2. The molecule has 0 radical (unpaired) electrons. The lowest BCUT2D eigenvalue weighted by Gasteiger charge is -2.22. The summed E-state index contributed by atoms with van der Waals surface area (Å²) in [6, 6.07) is 11.5. The SMILES string of the molecule is Cc1ccc(NC(=O)COc2ccccc2C(C)(C)C)nc1. The van der Waals surface area contributed by atoms with Crippen LogP contribution in [0.3, 0.4) is 0 Å². The molecule has 22 heavy (non-hydrogen) atoms. The third-order valence-electron chi connectivity index (χ3n) is 3.23. The van der Waals surface area contributed by atoms with Gasteiger partial charge in [0.05, 0.1) is 0 Å². The smallest absolute Gasteiger partial charge is 0.263 e. The van der Waals surface area contributed by atoms with E-state index in [0.717, 1.165) is 16.9 Å². The Morgan fingerprint density at radius 1 is 1.18 bits per heavy atom. The number of para-hydroxylation sites is 1. The molecule has 0 saturated carbocycles. The zero-order valence-electron chi connectivity index (χ0n) is 13.5. The van der Waals surface area contributed by atoms with Crippen molar-refractivity contribution in [2.45, 2.75) is 33.1 Å². The number of aryl methyl sites for hydroxylation is 1. The van der Waals surface area contributed by atoms with Crippen LogP contribution >= 0.6 is 0 Å². The van der Waals surface area contributed by atoms with Crippen LogP contribution in [-0.4, -0.2) is 17.5 Å². The zero-order valence-corrected chi connectivity index (χ0v) is 13.5. The number of amides is 1. The lowest BCUT2D eigenvalue weighted by atomic mass is 9.86. The number of pyridine rings is 1. The molecule has 0 unspecified atom stereocenters. The van der Waals surface area contributed by atoms with Crippen molar-refractivity contribution in [2.24, 2.45) is 0 Å². The Balaban J connectivity index is 1.98. The van der Waals surface area contributed by atoms with Gasteiger partial charge in [-0.25, -0.2) is 4.98 Å². The first-order valence-corrected chi connectivity index (χ1v) is 7.31. The van der Waals surface area contributed by atoms with Gasteiger partial charge in [-0.2, -0.15) is 0 Å². The molecule has 116 valence electrons. The quantitative estimate of drug-likeness (QED) is 0.936. The van der Waals surface area contributed by atoms with E-state index in [1.54, 1.807) is 12.3 Å². The first-order chi connectivity index (χ1) is 10.4. The summed E-state index contributed by atoms with van der Waals surface area (Å²) in [5, 5.41) is 2.72. The molecule has 0 aliphatic heterocycles. The second kappa shape index (κ2) is 6.60. The number of carbonyl (C=O) groups excluding carboxylic acids is 1. The number of nitrogens with one attached hydrogen (secondary N) is 1. The predicted octanol–water partition coefficient (Wildman–Crippen LogP) is 3.71. The largest absolute Gasteiger partial charge is 0.483 e. The first kappa shape index (κ1) is 16.0. The maximum Gasteiger partial charge on any atom is 0.263 e. The Morgan fingerprint density at radius 2 is 1.91 bits per heavy atom. The molecule has 1 aromatic heterocycles. The Labute approximate surface area is 131 Å². The van der Waals surface area contributed by atoms with Gasteiger partial charge in [-0.05, 0) is 35.6 Å². The molecule has 1 amide bonds. The number of benzene rings is 1. The Morgan fingerprint density at radius 3 is 2.55 bits per heavy atom. The Kier molecular flexibility index (Phi) is 4.81. The maximum absolute atomic E-state index is 12.0. The van der Waals surface area contributed by atoms with Gasteiger partial charge in [0.2, 0.25) is 0 Å². The average Bonchev–Trinajstić information content (AvgIpc) is 2.47. The molecule has 1 N–H and O–H groups in total. The highest BCUT2D eigenvalue weighted by Crippen LogP contribution is 2.30. The van der Waals surface area contributed by atoms with Gasteiger partial charge in [0, 0.05) is 6.20 Å². The fraction of sp³-hybridized carbons (Fsp3) is 0.333. The van der Waals surface area contributed by atoms with Crippen LogP contribution in [0.25, 0.3) is 0 Å². The molecule has 2 rings (SSSR count). The van der Waals surface area contributed by atoms with Crippen LogP contribution in [0.1, 0.15) is 31.9 Å². The van der Waals surface area contributed by atoms with Crippen LogP contribution in [0, 0.1) is 6.92 Å². The van der Waals surface area contributed by atoms with Crippen LogP contribution in [0.5, 0.6) is 5.75 Å². The van der Waals surface area contributed by atoms with E-state index in [0.29, 0.717) is 5.82 Å². The minimum atomic E-state index is -0.222. The monoisotopic (exact) mass is 298 g/mol. The molecule has 0 bridgehead atoms. The highest BCUT2D eigenvalue weighted by molar-refractivity contribution is 5.90. The predicted molar refractivity (Wildman–Crippen MR) is 88.2 cm³/mol. The minimum Gasteiger partial charge on any atom is -0.483 e. The topological polar surface area (TPSA) is 51.2 Å². The number of carbonyl (C=O) groups is 1. The second-order valence-corrected chi connectivity index (χ2v) is 6.30. The summed E-state index contributed by atoms with van der Waals surface area (Å²) < 4.78 is 5.68. The van der Waals surface area contributed by atoms with Gasteiger partial charge in [0.25, 0.3) is 5.91 Å². The lowest BCUT2D eigenvalue weighted by Crippen LogP contribution is -2.22. The number of ether oxygens (including phenoxy) is 1. The summed E-state index contributed by atoms with van der Waals surface area (Å²) in [6.45, 7) is 8.26. The molecule has 4 nitrogen and oxygen atoms in total. The number of rotatable bonds is 4. The summed E-state index contributed by atoms with van der Waals surface area (Å²) in [4.78, 5) is 16.1. The van der Waals surface area contributed by atoms with Crippen molar-refractivity contribution in [1.29, 1.82) is 0 Å². The summed E-state index contributed by atoms with van der Waals surface area (Å²) in [6.07, 6.45) is 1.71. The van der Waals surface area contributed by atoms with Crippen LogP contribution in [0.2, 0.25) is 0 Å². The summed E-state index contributed by atoms with van der Waals surface area (Å²) in [5.41, 5.74) is 2.09. The van der Waals surface area contributed by atoms with Crippen LogP contribution in [0.4, 0.5) is 5.82 Å². The van der Waals surface area contributed by atoms with Crippen molar-refractivity contribution in [1.82, 2.24) is 4.98 Å². The van der Waals surface area contributed by atoms with E-state index in [4.69, 9.17) is 4.74 Å². The Bertz CT molecular complexity index is 643. The normalized spacial score (nSPS) is 11.1. The van der Waals surface area contributed by atoms with Crippen molar-refractivity contribution in [3.05, 3.63) is 53.7 Å². The molecule has 0 fully saturated rings. The van der Waals surface area contributed by atoms with E-state index < -0.39 is 0 Å². The maximum atomic E-state index is 12.0. The summed E-state index contributed by atoms with van der Waals surface area (Å²) >= 11 is 0. The molecule has 1 aromatic carbocycles. The lowest BCUT2D eigenvalue weighted by molar-refractivity contribution is -0.118. The standard InChI is InChI=1S/C18H22N2O2/c1-13-9-10-16(19-11-13)20-17(21)12-22-15-8-6-5-7-14(15)18(2,3)4/h5-11H,12H2,1-4H3,(H,19,20,21). The van der Waals surface area contributed by atoms with Gasteiger partial charge < -0.3 is 10.1 Å². The van der Waals surface area contributed by atoms with E-state index in [1.807, 2.05) is 37.3 Å². The van der Waals surface area contributed by atoms with Crippen LogP contribution in [-0.2, 0) is 10.2 Å². The molecule has 2 aromatic rings. The van der Waals surface area contributed by atoms with E-state index in [-0.39, 0.29) is 17.9 Å². The van der Waals surface area contributed by atoms with Gasteiger partial charge in [0.1, 0.15) is 11.6 Å². The van der Waals surface area contributed by atoms with Gasteiger partial charge in [-0.1, -0.05) is 45.0 Å². The summed E-state index contributed by atoms with van der Waals surface area (Å²) in [7, 11) is 0. The molecule has 0 aliphatic rings. The minimum absolute atomic E-state index is 0.0361. The first-order valence-electron chi connectivity index (χ1n) is 7.31. The average molecular weight is 298 g/mol. The van der Waals surface area contributed by atoms with Gasteiger partial charge >= 0.3 is 0 Å². The van der Waals surface area contributed by atoms with Crippen molar-refractivity contribution in [3.8, 4) is 5.75 Å². The highest BCUT2D eigenvalue weighted by Gasteiger charge is 2.18. The van der Waals surface area contributed by atoms with E-state index >= 15 is 0 Å². The third-order valence-corrected chi connectivity index (χ3v) is 3.23. The molecular weight excluding hydrogens is 276 g/mol. The number of hydrogen-bond donors (Lipinski definition) is 1. The molecule has 0 spiro atoms. The molecular formula is C18H22N2O2. The van der Waals surface area contributed by atoms with Crippen LogP contribution in [0.15, 0.2) is 42.6 Å². The second-order valence-electron chi connectivity index (χ2n) is 6.30. The fourth-order valence-corrected chi connectivity index (χ4v) is 2.08. The third kappa shape index (κ3) is 4.32. The summed E-state index contributed by atoms with van der Waals surface area (Å²) in [5.74, 6) is 1.05. The number of hydrogen-bond acceptors (Lipinski definition) is 3. The molecule has 0 aliphatic carbocycles. The van der Waals surface area contributed by atoms with Crippen molar-refractivity contribution >= 4 is 11.7 Å². The van der Waals surface area contributed by atoms with Gasteiger partial charge in [0.15, 0.2) is 6.61 Å². The fourth-order valence-electron chi connectivity index (χ4n) is 2.08. The van der Waals surface area contributed by atoms with Crippen molar-refractivity contribution < 1.29 is 9.53 Å². The molecule has 0 atom stereocenters. The molecule has 1 heterocycles. The van der Waals surface area contributed by atoms with E-state index in [2.05, 4.69) is 31.1 Å². The van der Waals surface area contributed by atoms with Crippen molar-refractivity contribution in [2.75, 3.05) is 11.9 Å². The highest BCUT2D eigenvalue weighted by atomic mass is 16.5. The Hall–Kier alpha value is -2.36. The van der Waals surface area contributed by atoms with Gasteiger partial charge in [-0.3, -0.25) is 4.79 Å². The van der Waals surface area contributed by atoms with Crippen LogP contribution < -0.4 is 10.1 Å². The number of nitrogens with zero attached hydrogens (tertiary/aromatic N) is 1. The van der Waals surface area contributed by atoms with Gasteiger partial charge in [-0.15, -0.1) is 0 Å².